The fourth-order valence-corrected chi connectivity index (χ4v) is 2.13. The first-order chi connectivity index (χ1) is 8.82. The number of carbonyl (C=O) groups excluding carboxylic acids is 1. The number of methoxy groups -OCH3 is 1. The number of ether oxygens (including phenoxy) is 1. The number of Topliss-reactive ketones (excluding diaryl/α,β-unsaturated/α-hetero) is 1. The van der Waals surface area contributed by atoms with Crippen LogP contribution in [-0.2, 0) is 0 Å². The lowest BCUT2D eigenvalue weighted by atomic mass is 10.00. The Morgan fingerprint density at radius 1 is 1.42 bits per heavy atom. The smallest absolute Gasteiger partial charge is 0.165 e. The molecule has 0 heterocycles. The summed E-state index contributed by atoms with van der Waals surface area (Å²) in [6.07, 6.45) is 1.84. The van der Waals surface area contributed by atoms with Crippen LogP contribution in [-0.4, -0.2) is 25.0 Å². The van der Waals surface area contributed by atoms with E-state index in [-0.39, 0.29) is 11.3 Å². The van der Waals surface area contributed by atoms with Crippen LogP contribution in [0.4, 0.5) is 5.69 Å². The number of anilines is 1. The van der Waals surface area contributed by atoms with Crippen molar-refractivity contribution in [3.8, 4) is 5.75 Å². The van der Waals surface area contributed by atoms with Gasteiger partial charge in [0, 0.05) is 12.1 Å². The molecule has 0 unspecified atom stereocenters. The quantitative estimate of drug-likeness (QED) is 0.598. The van der Waals surface area contributed by atoms with Gasteiger partial charge in [-0.2, -0.15) is 0 Å². The molecule has 1 aromatic rings. The van der Waals surface area contributed by atoms with E-state index in [1.54, 1.807) is 14.0 Å². The Morgan fingerprint density at radius 3 is 2.47 bits per heavy atom. The van der Waals surface area contributed by atoms with E-state index >= 15 is 0 Å². The molecule has 1 aromatic carbocycles. The molecule has 0 N–H and O–H groups in total. The predicted molar refractivity (Wildman–Crippen MR) is 80.3 cm³/mol. The van der Waals surface area contributed by atoms with Crippen LogP contribution in [0, 0.1) is 0 Å². The summed E-state index contributed by atoms with van der Waals surface area (Å²) < 4.78 is 5.31. The second-order valence-electron chi connectivity index (χ2n) is 5.48. The number of carbonyl (C=O) groups is 1. The number of hydrogen-bond acceptors (Lipinski definition) is 3. The van der Waals surface area contributed by atoms with Gasteiger partial charge < -0.3 is 9.64 Å². The lowest BCUT2D eigenvalue weighted by molar-refractivity contribution is 0.101. The third-order valence-corrected chi connectivity index (χ3v) is 2.99. The second kappa shape index (κ2) is 5.91. The van der Waals surface area contributed by atoms with Crippen LogP contribution in [0.2, 0.25) is 0 Å². The highest BCUT2D eigenvalue weighted by Crippen LogP contribution is 2.33. The Labute approximate surface area is 115 Å². The molecule has 104 valence electrons. The Morgan fingerprint density at radius 2 is 2.05 bits per heavy atom. The maximum Gasteiger partial charge on any atom is 0.165 e. The zero-order valence-electron chi connectivity index (χ0n) is 12.5. The SMILES string of the molecule is C=CCN(c1cccc(OC)c1C(C)=O)C(C)(C)C. The fourth-order valence-electron chi connectivity index (χ4n) is 2.13. The van der Waals surface area contributed by atoms with Crippen molar-refractivity contribution in [3.05, 3.63) is 36.4 Å². The molecule has 0 fully saturated rings. The van der Waals surface area contributed by atoms with Gasteiger partial charge in [-0.3, -0.25) is 4.79 Å². The number of ketones is 1. The summed E-state index contributed by atoms with van der Waals surface area (Å²) in [6.45, 7) is 12.4. The molecular weight excluding hydrogens is 238 g/mol. The van der Waals surface area contributed by atoms with Gasteiger partial charge in [0.05, 0.1) is 18.4 Å². The number of hydrogen-bond donors (Lipinski definition) is 0. The third kappa shape index (κ3) is 3.37. The van der Waals surface area contributed by atoms with Gasteiger partial charge >= 0.3 is 0 Å². The Balaban J connectivity index is 3.46. The molecule has 0 aliphatic heterocycles. The first-order valence-electron chi connectivity index (χ1n) is 6.39. The first-order valence-corrected chi connectivity index (χ1v) is 6.39. The van der Waals surface area contributed by atoms with Crippen molar-refractivity contribution in [3.63, 3.8) is 0 Å². The lowest BCUT2D eigenvalue weighted by Crippen LogP contribution is -2.42. The summed E-state index contributed by atoms with van der Waals surface area (Å²) in [5.41, 5.74) is 1.41. The normalized spacial score (nSPS) is 11.0. The van der Waals surface area contributed by atoms with Crippen molar-refractivity contribution in [2.75, 3.05) is 18.6 Å². The molecule has 3 nitrogen and oxygen atoms in total. The topological polar surface area (TPSA) is 29.5 Å². The van der Waals surface area contributed by atoms with Crippen molar-refractivity contribution in [2.24, 2.45) is 0 Å². The zero-order valence-corrected chi connectivity index (χ0v) is 12.5. The van der Waals surface area contributed by atoms with Crippen LogP contribution in [0.1, 0.15) is 38.1 Å². The molecule has 0 spiro atoms. The van der Waals surface area contributed by atoms with Gasteiger partial charge in [-0.25, -0.2) is 0 Å². The van der Waals surface area contributed by atoms with Crippen LogP contribution < -0.4 is 9.64 Å². The standard InChI is InChI=1S/C16H23NO2/c1-7-11-17(16(3,4)5)13-9-8-10-14(19-6)15(13)12(2)18/h7-10H,1,11H2,2-6H3. The molecule has 0 amide bonds. The highest BCUT2D eigenvalue weighted by molar-refractivity contribution is 6.02. The molecule has 0 aliphatic carbocycles. The minimum atomic E-state index is -0.106. The van der Waals surface area contributed by atoms with Gasteiger partial charge in [0.2, 0.25) is 0 Å². The molecule has 0 radical (unpaired) electrons. The molecule has 1 rings (SSSR count). The summed E-state index contributed by atoms with van der Waals surface area (Å²) in [4.78, 5) is 14.1. The van der Waals surface area contributed by atoms with E-state index in [9.17, 15) is 4.79 Å². The number of rotatable bonds is 5. The Hall–Kier alpha value is -1.77. The van der Waals surface area contributed by atoms with Gasteiger partial charge in [0.1, 0.15) is 5.75 Å². The van der Waals surface area contributed by atoms with Crippen molar-refractivity contribution in [1.29, 1.82) is 0 Å². The molecule has 0 saturated carbocycles. The van der Waals surface area contributed by atoms with E-state index in [4.69, 9.17) is 4.74 Å². The fraction of sp³-hybridized carbons (Fsp3) is 0.438. The van der Waals surface area contributed by atoms with E-state index in [0.29, 0.717) is 17.9 Å². The van der Waals surface area contributed by atoms with Crippen LogP contribution >= 0.6 is 0 Å². The summed E-state index contributed by atoms with van der Waals surface area (Å²) in [6, 6.07) is 5.67. The largest absolute Gasteiger partial charge is 0.496 e. The van der Waals surface area contributed by atoms with Crippen LogP contribution in [0.3, 0.4) is 0 Å². The van der Waals surface area contributed by atoms with E-state index < -0.39 is 0 Å². The van der Waals surface area contributed by atoms with Crippen molar-refractivity contribution >= 4 is 11.5 Å². The monoisotopic (exact) mass is 261 g/mol. The average molecular weight is 261 g/mol. The highest BCUT2D eigenvalue weighted by Gasteiger charge is 2.25. The molecule has 0 aliphatic rings. The summed E-state index contributed by atoms with van der Waals surface area (Å²) in [5.74, 6) is 0.620. The number of nitrogens with zero attached hydrogens (tertiary/aromatic N) is 1. The first kappa shape index (κ1) is 15.3. The molecule has 19 heavy (non-hydrogen) atoms. The molecule has 0 bridgehead atoms. The van der Waals surface area contributed by atoms with E-state index in [1.165, 1.54) is 0 Å². The molecule has 0 saturated heterocycles. The zero-order chi connectivity index (χ0) is 14.6. The maximum absolute atomic E-state index is 11.9. The van der Waals surface area contributed by atoms with Gasteiger partial charge in [-0.15, -0.1) is 6.58 Å². The van der Waals surface area contributed by atoms with Crippen molar-refractivity contribution < 1.29 is 9.53 Å². The van der Waals surface area contributed by atoms with E-state index in [0.717, 1.165) is 5.69 Å². The van der Waals surface area contributed by atoms with Gasteiger partial charge in [-0.1, -0.05) is 12.1 Å². The Kier molecular flexibility index (Phi) is 4.76. The van der Waals surface area contributed by atoms with Crippen molar-refractivity contribution in [2.45, 2.75) is 33.2 Å². The minimum Gasteiger partial charge on any atom is -0.496 e. The van der Waals surface area contributed by atoms with E-state index in [1.807, 2.05) is 24.3 Å². The van der Waals surface area contributed by atoms with Crippen molar-refractivity contribution in [1.82, 2.24) is 0 Å². The second-order valence-corrected chi connectivity index (χ2v) is 5.48. The Bertz CT molecular complexity index is 472. The summed E-state index contributed by atoms with van der Waals surface area (Å²) >= 11 is 0. The summed E-state index contributed by atoms with van der Waals surface area (Å²) in [7, 11) is 1.58. The van der Waals surface area contributed by atoms with Gasteiger partial charge in [0.25, 0.3) is 0 Å². The number of benzene rings is 1. The predicted octanol–water partition coefficient (Wildman–Crippen LogP) is 3.69. The molecule has 3 heteroatoms. The van der Waals surface area contributed by atoms with Crippen LogP contribution in [0.15, 0.2) is 30.9 Å². The van der Waals surface area contributed by atoms with Gasteiger partial charge in [-0.05, 0) is 39.8 Å². The van der Waals surface area contributed by atoms with Crippen LogP contribution in [0.25, 0.3) is 0 Å². The van der Waals surface area contributed by atoms with Crippen LogP contribution in [0.5, 0.6) is 5.75 Å². The summed E-state index contributed by atoms with van der Waals surface area (Å²) in [5, 5.41) is 0. The van der Waals surface area contributed by atoms with Gasteiger partial charge in [0.15, 0.2) is 5.78 Å². The molecule has 0 atom stereocenters. The average Bonchev–Trinajstić information content (AvgIpc) is 2.33. The highest BCUT2D eigenvalue weighted by atomic mass is 16.5. The minimum absolute atomic E-state index is 0.00534. The third-order valence-electron chi connectivity index (χ3n) is 2.99. The van der Waals surface area contributed by atoms with E-state index in [2.05, 4.69) is 32.3 Å². The maximum atomic E-state index is 11.9. The molecule has 0 aromatic heterocycles. The molecular formula is C16H23NO2. The lowest BCUT2D eigenvalue weighted by Gasteiger charge is -2.38.